The maximum Gasteiger partial charge on any atom is 0.155 e. The summed E-state index contributed by atoms with van der Waals surface area (Å²) in [6, 6.07) is 0. The van der Waals surface area contributed by atoms with Crippen LogP contribution in [0.3, 0.4) is 0 Å². The molecule has 2 aliphatic rings. The van der Waals surface area contributed by atoms with Crippen LogP contribution in [0.25, 0.3) is 0 Å². The Balaban J connectivity index is 2.09. The van der Waals surface area contributed by atoms with Crippen molar-refractivity contribution in [1.82, 2.24) is 0 Å². The van der Waals surface area contributed by atoms with Crippen LogP contribution in [0.4, 0.5) is 0 Å². The second kappa shape index (κ2) is 12.6. The summed E-state index contributed by atoms with van der Waals surface area (Å²) < 4.78 is 23.4. The molecule has 2 aliphatic carbocycles. The van der Waals surface area contributed by atoms with Gasteiger partial charge >= 0.3 is 0 Å². The maximum absolute atomic E-state index is 12.8. The molecule has 0 N–H and O–H groups in total. The van der Waals surface area contributed by atoms with Crippen LogP contribution in [0.1, 0.15) is 66.2 Å². The molecule has 0 spiro atoms. The predicted molar refractivity (Wildman–Crippen MR) is 114 cm³/mol. The summed E-state index contributed by atoms with van der Waals surface area (Å²) in [5.41, 5.74) is 0. The molecule has 2 saturated carbocycles. The molecule has 2 unspecified atom stereocenters. The molecule has 29 heavy (non-hydrogen) atoms. The van der Waals surface area contributed by atoms with E-state index in [1.54, 1.807) is 0 Å². The highest BCUT2D eigenvalue weighted by Crippen LogP contribution is 2.37. The highest BCUT2D eigenvalue weighted by atomic mass is 16.7. The lowest BCUT2D eigenvalue weighted by Crippen LogP contribution is -2.28. The summed E-state index contributed by atoms with van der Waals surface area (Å²) in [7, 11) is 0. The summed E-state index contributed by atoms with van der Waals surface area (Å²) in [5.74, 6) is 0.646. The fraction of sp³-hybridized carbons (Fsp3) is 0.792. The number of carbonyl (C=O) groups excluding carboxylic acids is 1. The molecule has 0 aromatic heterocycles. The molecule has 0 radical (unpaired) electrons. The van der Waals surface area contributed by atoms with Gasteiger partial charge in [-0.1, -0.05) is 31.1 Å². The van der Waals surface area contributed by atoms with Crippen LogP contribution in [0, 0.1) is 17.8 Å². The molecule has 5 heteroatoms. The first-order valence-corrected chi connectivity index (χ1v) is 11.4. The smallest absolute Gasteiger partial charge is 0.155 e. The topological polar surface area (TPSA) is 54.0 Å². The van der Waals surface area contributed by atoms with Crippen LogP contribution in [0.5, 0.6) is 0 Å². The summed E-state index contributed by atoms with van der Waals surface area (Å²) >= 11 is 0. The quantitative estimate of drug-likeness (QED) is 0.315. The molecule has 5 nitrogen and oxygen atoms in total. The number of hydrogen-bond donors (Lipinski definition) is 0. The van der Waals surface area contributed by atoms with Crippen molar-refractivity contribution in [2.45, 2.75) is 91.0 Å². The zero-order valence-electron chi connectivity index (χ0n) is 18.7. The van der Waals surface area contributed by atoms with Crippen molar-refractivity contribution in [2.24, 2.45) is 17.8 Å². The monoisotopic (exact) mass is 408 g/mol. The number of allylic oxidation sites excluding steroid dienone is 2. The summed E-state index contributed by atoms with van der Waals surface area (Å²) in [6.07, 6.45) is 11.3. The van der Waals surface area contributed by atoms with Gasteiger partial charge in [0.05, 0.1) is 12.2 Å². The SMILES string of the molecule is C=CC[C@H]1[C@H](OC(C)OCC)CC(=O)[C@@H]1C=C[C@@H](OC(C)OCC)C1CCCC1. The minimum Gasteiger partial charge on any atom is -0.353 e. The summed E-state index contributed by atoms with van der Waals surface area (Å²) in [6.45, 7) is 12.9. The van der Waals surface area contributed by atoms with E-state index in [0.717, 1.165) is 6.42 Å². The van der Waals surface area contributed by atoms with Gasteiger partial charge in [-0.3, -0.25) is 4.79 Å². The van der Waals surface area contributed by atoms with E-state index in [-0.39, 0.29) is 42.4 Å². The predicted octanol–water partition coefficient (Wildman–Crippen LogP) is 5.05. The molecule has 2 fully saturated rings. The van der Waals surface area contributed by atoms with E-state index in [2.05, 4.69) is 18.7 Å². The number of ketones is 1. The van der Waals surface area contributed by atoms with E-state index in [4.69, 9.17) is 18.9 Å². The van der Waals surface area contributed by atoms with Gasteiger partial charge in [0.25, 0.3) is 0 Å². The zero-order valence-corrected chi connectivity index (χ0v) is 18.7. The van der Waals surface area contributed by atoms with Crippen LogP contribution in [-0.2, 0) is 23.7 Å². The van der Waals surface area contributed by atoms with Gasteiger partial charge in [0.15, 0.2) is 12.6 Å². The first-order chi connectivity index (χ1) is 14.0. The molecule has 0 bridgehead atoms. The second-order valence-electron chi connectivity index (χ2n) is 8.14. The normalized spacial score (nSPS) is 28.8. The van der Waals surface area contributed by atoms with Crippen LogP contribution in [0.2, 0.25) is 0 Å². The van der Waals surface area contributed by atoms with E-state index in [0.29, 0.717) is 25.6 Å². The summed E-state index contributed by atoms with van der Waals surface area (Å²) in [5, 5.41) is 0. The third-order valence-corrected chi connectivity index (χ3v) is 6.04. The highest BCUT2D eigenvalue weighted by molar-refractivity contribution is 5.86. The first-order valence-electron chi connectivity index (χ1n) is 11.4. The van der Waals surface area contributed by atoms with Crippen molar-refractivity contribution in [3.8, 4) is 0 Å². The first kappa shape index (κ1) is 24.3. The van der Waals surface area contributed by atoms with Crippen molar-refractivity contribution in [3.63, 3.8) is 0 Å². The van der Waals surface area contributed by atoms with Gasteiger partial charge in [0.1, 0.15) is 5.78 Å². The molecule has 0 aliphatic heterocycles. The Hall–Kier alpha value is -1.01. The standard InChI is InChI=1S/C24H40O5/c1-6-11-21-20(22(25)16-24(21)29-18(5)27-8-3)14-15-23(19-12-9-10-13-19)28-17(4)26-7-2/h6,14-15,17-21,23-24H,1,7-13,16H2,2-5H3/t17?,18?,20-,21-,23-,24-/m1/s1. The molecule has 0 amide bonds. The van der Waals surface area contributed by atoms with Gasteiger partial charge < -0.3 is 18.9 Å². The Kier molecular flexibility index (Phi) is 10.6. The average Bonchev–Trinajstić information content (AvgIpc) is 3.29. The third kappa shape index (κ3) is 7.32. The molecular formula is C24H40O5. The molecular weight excluding hydrogens is 368 g/mol. The van der Waals surface area contributed by atoms with Crippen molar-refractivity contribution in [2.75, 3.05) is 13.2 Å². The Morgan fingerprint density at radius 2 is 1.76 bits per heavy atom. The van der Waals surface area contributed by atoms with E-state index >= 15 is 0 Å². The lowest BCUT2D eigenvalue weighted by Gasteiger charge is -2.26. The van der Waals surface area contributed by atoms with E-state index in [1.165, 1.54) is 25.7 Å². The number of Topliss-reactive ketones (excluding diaryl/α,β-unsaturated/α-hetero) is 1. The minimum atomic E-state index is -0.311. The molecule has 6 atom stereocenters. The van der Waals surface area contributed by atoms with E-state index in [1.807, 2.05) is 33.8 Å². The van der Waals surface area contributed by atoms with Gasteiger partial charge in [0, 0.05) is 31.5 Å². The van der Waals surface area contributed by atoms with Crippen molar-refractivity contribution < 1.29 is 23.7 Å². The average molecular weight is 409 g/mol. The molecule has 2 rings (SSSR count). The molecule has 0 saturated heterocycles. The van der Waals surface area contributed by atoms with Crippen LogP contribution in [-0.4, -0.2) is 43.8 Å². The number of carbonyl (C=O) groups is 1. The Bertz CT molecular complexity index is 525. The number of ether oxygens (including phenoxy) is 4. The van der Waals surface area contributed by atoms with Gasteiger partial charge in [-0.2, -0.15) is 0 Å². The molecule has 0 aromatic carbocycles. The Morgan fingerprint density at radius 3 is 2.38 bits per heavy atom. The van der Waals surface area contributed by atoms with Gasteiger partial charge in [-0.15, -0.1) is 6.58 Å². The fourth-order valence-corrected chi connectivity index (χ4v) is 4.69. The third-order valence-electron chi connectivity index (χ3n) is 6.04. The van der Waals surface area contributed by atoms with Crippen LogP contribution >= 0.6 is 0 Å². The molecule has 0 heterocycles. The Labute approximate surface area is 176 Å². The lowest BCUT2D eigenvalue weighted by atomic mass is 9.89. The second-order valence-corrected chi connectivity index (χ2v) is 8.14. The van der Waals surface area contributed by atoms with Crippen LogP contribution in [0.15, 0.2) is 24.8 Å². The fourth-order valence-electron chi connectivity index (χ4n) is 4.69. The highest BCUT2D eigenvalue weighted by Gasteiger charge is 2.42. The lowest BCUT2D eigenvalue weighted by molar-refractivity contribution is -0.166. The number of hydrogen-bond acceptors (Lipinski definition) is 5. The maximum atomic E-state index is 12.8. The van der Waals surface area contributed by atoms with E-state index in [9.17, 15) is 4.79 Å². The largest absolute Gasteiger partial charge is 0.353 e. The Morgan fingerprint density at radius 1 is 1.10 bits per heavy atom. The van der Waals surface area contributed by atoms with Crippen molar-refractivity contribution in [1.29, 1.82) is 0 Å². The number of rotatable bonds is 13. The summed E-state index contributed by atoms with van der Waals surface area (Å²) in [4.78, 5) is 12.8. The van der Waals surface area contributed by atoms with Gasteiger partial charge in [-0.05, 0) is 52.9 Å². The van der Waals surface area contributed by atoms with Crippen molar-refractivity contribution in [3.05, 3.63) is 24.8 Å². The zero-order chi connectivity index (χ0) is 21.2. The molecule has 166 valence electrons. The van der Waals surface area contributed by atoms with Gasteiger partial charge in [0.2, 0.25) is 0 Å². The van der Waals surface area contributed by atoms with Gasteiger partial charge in [-0.25, -0.2) is 0 Å². The molecule has 0 aromatic rings. The minimum absolute atomic E-state index is 0.0152. The van der Waals surface area contributed by atoms with Crippen molar-refractivity contribution >= 4 is 5.78 Å². The van der Waals surface area contributed by atoms with E-state index < -0.39 is 0 Å². The van der Waals surface area contributed by atoms with Crippen LogP contribution < -0.4 is 0 Å².